The summed E-state index contributed by atoms with van der Waals surface area (Å²) in [4.78, 5) is 23.6. The van der Waals surface area contributed by atoms with Gasteiger partial charge in [0.15, 0.2) is 0 Å². The van der Waals surface area contributed by atoms with Crippen LogP contribution in [-0.2, 0) is 9.59 Å². The number of nitrogens with one attached hydrogen (secondary N) is 1. The molecule has 4 atom stereocenters. The fraction of sp³-hybridized carbons (Fsp3) is 0.727. The molecule has 0 aromatic heterocycles. The predicted octanol–water partition coefficient (Wildman–Crippen LogP) is 2.28. The lowest BCUT2D eigenvalue weighted by atomic mass is 9.90. The molecule has 0 aromatic carbocycles. The van der Waals surface area contributed by atoms with Gasteiger partial charge in [0.2, 0.25) is 5.91 Å². The Morgan fingerprint density at radius 2 is 2.07 bits per heavy atom. The molecule has 160 valence electrons. The number of amides is 1. The highest BCUT2D eigenvalue weighted by atomic mass is 16.3. The zero-order chi connectivity index (χ0) is 20.8. The van der Waals surface area contributed by atoms with Crippen LogP contribution in [0.3, 0.4) is 0 Å². The molecule has 1 rings (SSSR count). The summed E-state index contributed by atoms with van der Waals surface area (Å²) in [6.07, 6.45) is 12.7. The van der Waals surface area contributed by atoms with Crippen LogP contribution in [0.4, 0.5) is 0 Å². The molecule has 28 heavy (non-hydrogen) atoms. The van der Waals surface area contributed by atoms with Gasteiger partial charge in [-0.05, 0) is 25.7 Å². The Labute approximate surface area is 168 Å². The molecule has 1 aliphatic carbocycles. The third-order valence-corrected chi connectivity index (χ3v) is 5.16. The molecule has 4 N–H and O–H groups in total. The minimum absolute atomic E-state index is 0.0573. The number of aliphatic hydroxyl groups excluding tert-OH is 3. The third-order valence-electron chi connectivity index (χ3n) is 5.16. The number of aliphatic hydroxyl groups is 3. The van der Waals surface area contributed by atoms with Crippen LogP contribution in [0.2, 0.25) is 0 Å². The maximum atomic E-state index is 12.2. The van der Waals surface area contributed by atoms with Crippen LogP contribution < -0.4 is 5.32 Å². The number of hydrogen-bond donors (Lipinski definition) is 4. The molecule has 0 spiro atoms. The number of hydrogen-bond acceptors (Lipinski definition) is 5. The van der Waals surface area contributed by atoms with Crippen LogP contribution in [0.25, 0.3) is 0 Å². The van der Waals surface area contributed by atoms with E-state index in [9.17, 15) is 19.8 Å². The van der Waals surface area contributed by atoms with Crippen LogP contribution >= 0.6 is 0 Å². The first-order chi connectivity index (χ1) is 13.5. The number of unbranched alkanes of at least 4 members (excludes halogenated alkanes) is 3. The van der Waals surface area contributed by atoms with E-state index in [1.165, 1.54) is 0 Å². The van der Waals surface area contributed by atoms with Gasteiger partial charge in [0.25, 0.3) is 0 Å². The number of carbonyl (C=O) groups is 2. The summed E-state index contributed by atoms with van der Waals surface area (Å²) in [6.45, 7) is 2.34. The molecule has 0 bridgehead atoms. The Hall–Kier alpha value is -1.50. The van der Waals surface area contributed by atoms with E-state index in [0.717, 1.165) is 25.7 Å². The summed E-state index contributed by atoms with van der Waals surface area (Å²) in [6, 6.07) is 0. The Morgan fingerprint density at radius 1 is 1.29 bits per heavy atom. The maximum absolute atomic E-state index is 12.2. The Morgan fingerprint density at radius 3 is 2.79 bits per heavy atom. The highest BCUT2D eigenvalue weighted by molar-refractivity contribution is 5.84. The number of Topliss-reactive ketones (excluding diaryl/α,β-unsaturated/α-hetero) is 1. The third kappa shape index (κ3) is 9.62. The fourth-order valence-electron chi connectivity index (χ4n) is 3.51. The van der Waals surface area contributed by atoms with Crippen molar-refractivity contribution in [2.24, 2.45) is 11.8 Å². The van der Waals surface area contributed by atoms with Gasteiger partial charge in [0, 0.05) is 31.2 Å². The Bertz CT molecular complexity index is 517. The van der Waals surface area contributed by atoms with E-state index in [1.54, 1.807) is 6.08 Å². The summed E-state index contributed by atoms with van der Waals surface area (Å²) in [5.41, 5.74) is 0. The average Bonchev–Trinajstić information content (AvgIpc) is 2.94. The molecule has 0 heterocycles. The van der Waals surface area contributed by atoms with Crippen molar-refractivity contribution >= 4 is 11.7 Å². The van der Waals surface area contributed by atoms with Gasteiger partial charge in [-0.1, -0.05) is 50.5 Å². The molecular weight excluding hydrogens is 358 g/mol. The summed E-state index contributed by atoms with van der Waals surface area (Å²) < 4.78 is 0. The smallest absolute Gasteiger partial charge is 0.220 e. The summed E-state index contributed by atoms with van der Waals surface area (Å²) >= 11 is 0. The van der Waals surface area contributed by atoms with Gasteiger partial charge in [0.1, 0.15) is 5.78 Å². The second-order valence-electron chi connectivity index (χ2n) is 7.54. The molecule has 1 amide bonds. The number of ketones is 1. The Kier molecular flexibility index (Phi) is 12.7. The van der Waals surface area contributed by atoms with Crippen LogP contribution in [0.1, 0.15) is 64.7 Å². The van der Waals surface area contributed by atoms with Crippen LogP contribution in [0, 0.1) is 11.8 Å². The highest BCUT2D eigenvalue weighted by Gasteiger charge is 2.39. The standard InChI is InChI=1S/C22H37NO5/c1-2-3-6-9-17(25)12-13-19-18(20(26)16-21(19)27)10-7-4-5-8-11-22(28)23-14-15-24/h4,7,12-13,17-19,21,24-25,27H,2-3,5-6,8-11,14-16H2,1H3,(H,23,28)/b7-4+,13-12+/t17?,18?,19-,21?/m1/s1. The van der Waals surface area contributed by atoms with Crippen LogP contribution in [0.15, 0.2) is 24.3 Å². The molecular formula is C22H37NO5. The van der Waals surface area contributed by atoms with Crippen molar-refractivity contribution < 1.29 is 24.9 Å². The van der Waals surface area contributed by atoms with Crippen molar-refractivity contribution in [2.45, 2.75) is 76.9 Å². The van der Waals surface area contributed by atoms with Gasteiger partial charge in [-0.3, -0.25) is 9.59 Å². The number of rotatable bonds is 14. The normalized spacial score (nSPS) is 23.7. The van der Waals surface area contributed by atoms with Crippen molar-refractivity contribution in [2.75, 3.05) is 13.2 Å². The minimum Gasteiger partial charge on any atom is -0.395 e. The van der Waals surface area contributed by atoms with E-state index in [4.69, 9.17) is 5.11 Å². The molecule has 6 nitrogen and oxygen atoms in total. The summed E-state index contributed by atoms with van der Waals surface area (Å²) in [5, 5.41) is 31.5. The van der Waals surface area contributed by atoms with E-state index in [1.807, 2.05) is 18.2 Å². The van der Waals surface area contributed by atoms with Gasteiger partial charge in [-0.2, -0.15) is 0 Å². The first-order valence-corrected chi connectivity index (χ1v) is 10.6. The van der Waals surface area contributed by atoms with Crippen molar-refractivity contribution in [3.05, 3.63) is 24.3 Å². The zero-order valence-corrected chi connectivity index (χ0v) is 17.1. The maximum Gasteiger partial charge on any atom is 0.220 e. The fourth-order valence-corrected chi connectivity index (χ4v) is 3.51. The first-order valence-electron chi connectivity index (χ1n) is 10.6. The monoisotopic (exact) mass is 395 g/mol. The second-order valence-corrected chi connectivity index (χ2v) is 7.54. The second kappa shape index (κ2) is 14.5. The van der Waals surface area contributed by atoms with Crippen molar-refractivity contribution in [3.63, 3.8) is 0 Å². The zero-order valence-electron chi connectivity index (χ0n) is 17.1. The molecule has 0 radical (unpaired) electrons. The summed E-state index contributed by atoms with van der Waals surface area (Å²) in [5.74, 6) is -0.504. The quantitative estimate of drug-likeness (QED) is 0.267. The van der Waals surface area contributed by atoms with E-state index in [-0.39, 0.29) is 43.1 Å². The molecule has 1 fully saturated rings. The molecule has 0 aromatic rings. The molecule has 0 saturated heterocycles. The van der Waals surface area contributed by atoms with Crippen molar-refractivity contribution in [1.82, 2.24) is 5.32 Å². The SMILES string of the molecule is CCCCCC(O)/C=C/[C@H]1C(O)CC(=O)C1C/C=C/CCCC(=O)NCCO. The van der Waals surface area contributed by atoms with E-state index >= 15 is 0 Å². The molecule has 3 unspecified atom stereocenters. The topological polar surface area (TPSA) is 107 Å². The molecule has 1 aliphatic rings. The molecule has 0 aliphatic heterocycles. The lowest BCUT2D eigenvalue weighted by Gasteiger charge is -2.16. The van der Waals surface area contributed by atoms with Gasteiger partial charge in [-0.15, -0.1) is 0 Å². The number of carbonyl (C=O) groups excluding carboxylic acids is 2. The van der Waals surface area contributed by atoms with Crippen LogP contribution in [0.5, 0.6) is 0 Å². The average molecular weight is 396 g/mol. The van der Waals surface area contributed by atoms with Crippen molar-refractivity contribution in [3.8, 4) is 0 Å². The van der Waals surface area contributed by atoms with Crippen LogP contribution in [-0.4, -0.2) is 52.4 Å². The largest absolute Gasteiger partial charge is 0.395 e. The van der Waals surface area contributed by atoms with Crippen molar-refractivity contribution in [1.29, 1.82) is 0 Å². The van der Waals surface area contributed by atoms with Gasteiger partial charge >= 0.3 is 0 Å². The highest BCUT2D eigenvalue weighted by Crippen LogP contribution is 2.33. The minimum atomic E-state index is -0.680. The van der Waals surface area contributed by atoms with E-state index in [2.05, 4.69) is 12.2 Å². The van der Waals surface area contributed by atoms with Gasteiger partial charge < -0.3 is 20.6 Å². The van der Waals surface area contributed by atoms with Gasteiger partial charge in [-0.25, -0.2) is 0 Å². The summed E-state index contributed by atoms with van der Waals surface area (Å²) in [7, 11) is 0. The molecule has 6 heteroatoms. The first kappa shape index (κ1) is 24.5. The van der Waals surface area contributed by atoms with E-state index < -0.39 is 12.2 Å². The lowest BCUT2D eigenvalue weighted by Crippen LogP contribution is -2.25. The predicted molar refractivity (Wildman–Crippen MR) is 110 cm³/mol. The number of allylic oxidation sites excluding steroid dienone is 2. The lowest BCUT2D eigenvalue weighted by molar-refractivity contribution is -0.122. The Balaban J connectivity index is 2.40. The molecule has 1 saturated carbocycles. The van der Waals surface area contributed by atoms with E-state index in [0.29, 0.717) is 25.7 Å². The van der Waals surface area contributed by atoms with Gasteiger partial charge in [0.05, 0.1) is 18.8 Å².